The molecule has 1 aliphatic rings. The molecule has 1 aromatic rings. The predicted molar refractivity (Wildman–Crippen MR) is 76.3 cm³/mol. The van der Waals surface area contributed by atoms with E-state index in [0.29, 0.717) is 11.5 Å². The standard InChI is InChI=1S/C14H19FN2O.ClH/c1-9-3-4-11(15)7-12(9)14(18)17-13-8-16-6-5-10(13)2;/h3-4,7,10,13,16H,5-6,8H2,1-2H3,(H,17,18);1H. The van der Waals surface area contributed by atoms with Gasteiger partial charge in [-0.1, -0.05) is 13.0 Å². The largest absolute Gasteiger partial charge is 0.348 e. The van der Waals surface area contributed by atoms with Crippen molar-refractivity contribution >= 4 is 18.3 Å². The number of halogens is 2. The lowest BCUT2D eigenvalue weighted by Gasteiger charge is -2.30. The molecule has 2 atom stereocenters. The number of carbonyl (C=O) groups is 1. The van der Waals surface area contributed by atoms with Gasteiger partial charge >= 0.3 is 0 Å². The molecule has 19 heavy (non-hydrogen) atoms. The van der Waals surface area contributed by atoms with Crippen LogP contribution in [0.15, 0.2) is 18.2 Å². The molecule has 0 radical (unpaired) electrons. The first kappa shape index (κ1) is 15.9. The third kappa shape index (κ3) is 3.91. The summed E-state index contributed by atoms with van der Waals surface area (Å²) in [6.45, 7) is 5.72. The van der Waals surface area contributed by atoms with Crippen molar-refractivity contribution in [1.29, 1.82) is 0 Å². The highest BCUT2D eigenvalue weighted by molar-refractivity contribution is 5.95. The molecule has 1 aliphatic heterocycles. The predicted octanol–water partition coefficient (Wildman–Crippen LogP) is 2.28. The van der Waals surface area contributed by atoms with Crippen LogP contribution in [0.3, 0.4) is 0 Å². The van der Waals surface area contributed by atoms with E-state index in [1.54, 1.807) is 6.07 Å². The van der Waals surface area contributed by atoms with Gasteiger partial charge in [-0.3, -0.25) is 4.79 Å². The van der Waals surface area contributed by atoms with Crippen molar-refractivity contribution in [2.75, 3.05) is 13.1 Å². The van der Waals surface area contributed by atoms with Crippen LogP contribution >= 0.6 is 12.4 Å². The number of piperidine rings is 1. The fourth-order valence-corrected chi connectivity index (χ4v) is 2.27. The van der Waals surface area contributed by atoms with Gasteiger partial charge in [-0.2, -0.15) is 0 Å². The van der Waals surface area contributed by atoms with Crippen molar-refractivity contribution in [3.8, 4) is 0 Å². The number of benzene rings is 1. The highest BCUT2D eigenvalue weighted by atomic mass is 35.5. The Morgan fingerprint density at radius 2 is 2.21 bits per heavy atom. The van der Waals surface area contributed by atoms with Crippen LogP contribution in [-0.4, -0.2) is 25.0 Å². The van der Waals surface area contributed by atoms with Crippen molar-refractivity contribution in [3.63, 3.8) is 0 Å². The number of nitrogens with one attached hydrogen (secondary N) is 2. The van der Waals surface area contributed by atoms with Gasteiger partial charge in [-0.05, 0) is 43.5 Å². The third-order valence-electron chi connectivity index (χ3n) is 3.59. The van der Waals surface area contributed by atoms with E-state index in [2.05, 4.69) is 17.6 Å². The van der Waals surface area contributed by atoms with E-state index in [9.17, 15) is 9.18 Å². The average Bonchev–Trinajstić information content (AvgIpc) is 2.35. The van der Waals surface area contributed by atoms with Crippen molar-refractivity contribution in [2.45, 2.75) is 26.3 Å². The van der Waals surface area contributed by atoms with Crippen LogP contribution in [0, 0.1) is 18.7 Å². The summed E-state index contributed by atoms with van der Waals surface area (Å²) < 4.78 is 13.2. The Morgan fingerprint density at radius 1 is 1.47 bits per heavy atom. The maximum Gasteiger partial charge on any atom is 0.251 e. The van der Waals surface area contributed by atoms with Gasteiger partial charge in [0.05, 0.1) is 0 Å². The van der Waals surface area contributed by atoms with Gasteiger partial charge in [-0.25, -0.2) is 4.39 Å². The molecule has 1 heterocycles. The summed E-state index contributed by atoms with van der Waals surface area (Å²) in [5, 5.41) is 6.24. The fourth-order valence-electron chi connectivity index (χ4n) is 2.27. The monoisotopic (exact) mass is 286 g/mol. The Labute approximate surface area is 119 Å². The number of amides is 1. The van der Waals surface area contributed by atoms with E-state index < -0.39 is 0 Å². The van der Waals surface area contributed by atoms with Crippen LogP contribution in [0.25, 0.3) is 0 Å². The minimum Gasteiger partial charge on any atom is -0.348 e. The van der Waals surface area contributed by atoms with Crippen LogP contribution in [0.5, 0.6) is 0 Å². The Hall–Kier alpha value is -1.13. The van der Waals surface area contributed by atoms with Crippen molar-refractivity contribution in [2.24, 2.45) is 5.92 Å². The van der Waals surface area contributed by atoms with E-state index in [4.69, 9.17) is 0 Å². The smallest absolute Gasteiger partial charge is 0.251 e. The van der Waals surface area contributed by atoms with Crippen LogP contribution < -0.4 is 10.6 Å². The summed E-state index contributed by atoms with van der Waals surface area (Å²) in [4.78, 5) is 12.1. The lowest BCUT2D eigenvalue weighted by molar-refractivity contribution is 0.0914. The Bertz CT molecular complexity index is 453. The van der Waals surface area contributed by atoms with Gasteiger partial charge in [0, 0.05) is 18.2 Å². The second-order valence-corrected chi connectivity index (χ2v) is 5.01. The second kappa shape index (κ2) is 6.87. The Kier molecular flexibility index (Phi) is 5.76. The zero-order chi connectivity index (χ0) is 13.1. The second-order valence-electron chi connectivity index (χ2n) is 5.01. The lowest BCUT2D eigenvalue weighted by atomic mass is 9.94. The highest BCUT2D eigenvalue weighted by Gasteiger charge is 2.23. The molecule has 0 aromatic heterocycles. The number of hydrogen-bond donors (Lipinski definition) is 2. The topological polar surface area (TPSA) is 41.1 Å². The molecule has 1 aromatic carbocycles. The molecule has 5 heteroatoms. The first-order valence-corrected chi connectivity index (χ1v) is 6.35. The minimum absolute atomic E-state index is 0. The quantitative estimate of drug-likeness (QED) is 0.876. The van der Waals surface area contributed by atoms with Crippen LogP contribution in [0.4, 0.5) is 4.39 Å². The third-order valence-corrected chi connectivity index (χ3v) is 3.59. The molecule has 0 bridgehead atoms. The van der Waals surface area contributed by atoms with Gasteiger partial charge < -0.3 is 10.6 Å². The molecule has 1 saturated heterocycles. The van der Waals surface area contributed by atoms with Gasteiger partial charge in [0.2, 0.25) is 0 Å². The molecule has 0 saturated carbocycles. The van der Waals surface area contributed by atoms with E-state index in [1.165, 1.54) is 12.1 Å². The first-order chi connectivity index (χ1) is 8.58. The van der Waals surface area contributed by atoms with Gasteiger partial charge in [-0.15, -0.1) is 12.4 Å². The number of rotatable bonds is 2. The fraction of sp³-hybridized carbons (Fsp3) is 0.500. The summed E-state index contributed by atoms with van der Waals surface area (Å²) in [6.07, 6.45) is 1.05. The highest BCUT2D eigenvalue weighted by Crippen LogP contribution is 2.14. The molecular formula is C14H20ClFN2O. The van der Waals surface area contributed by atoms with Gasteiger partial charge in [0.15, 0.2) is 0 Å². The number of carbonyl (C=O) groups excluding carboxylic acids is 1. The zero-order valence-electron chi connectivity index (χ0n) is 11.2. The maximum absolute atomic E-state index is 13.2. The van der Waals surface area contributed by atoms with Crippen molar-refractivity contribution in [3.05, 3.63) is 35.1 Å². The molecule has 1 fully saturated rings. The van der Waals surface area contributed by atoms with E-state index in [-0.39, 0.29) is 30.2 Å². The molecule has 0 aliphatic carbocycles. The summed E-state index contributed by atoms with van der Waals surface area (Å²) in [7, 11) is 0. The lowest BCUT2D eigenvalue weighted by Crippen LogP contribution is -2.50. The van der Waals surface area contributed by atoms with Gasteiger partial charge in [0.25, 0.3) is 5.91 Å². The molecular weight excluding hydrogens is 267 g/mol. The van der Waals surface area contributed by atoms with Crippen LogP contribution in [0.2, 0.25) is 0 Å². The molecule has 3 nitrogen and oxygen atoms in total. The van der Waals surface area contributed by atoms with E-state index in [0.717, 1.165) is 25.1 Å². The van der Waals surface area contributed by atoms with E-state index in [1.807, 2.05) is 6.92 Å². The summed E-state index contributed by atoms with van der Waals surface area (Å²) in [5.74, 6) is -0.114. The molecule has 1 amide bonds. The zero-order valence-corrected chi connectivity index (χ0v) is 12.0. The number of hydrogen-bond acceptors (Lipinski definition) is 2. The van der Waals surface area contributed by atoms with Gasteiger partial charge in [0.1, 0.15) is 5.82 Å². The molecule has 2 N–H and O–H groups in total. The molecule has 2 unspecified atom stereocenters. The Balaban J connectivity index is 0.00000180. The number of aryl methyl sites for hydroxylation is 1. The average molecular weight is 287 g/mol. The SMILES string of the molecule is Cc1ccc(F)cc1C(=O)NC1CNCCC1C.Cl. The summed E-state index contributed by atoms with van der Waals surface area (Å²) >= 11 is 0. The van der Waals surface area contributed by atoms with Crippen molar-refractivity contribution < 1.29 is 9.18 Å². The van der Waals surface area contributed by atoms with Crippen molar-refractivity contribution in [1.82, 2.24) is 10.6 Å². The molecule has 2 rings (SSSR count). The van der Waals surface area contributed by atoms with Crippen LogP contribution in [-0.2, 0) is 0 Å². The van der Waals surface area contributed by atoms with Crippen LogP contribution in [0.1, 0.15) is 29.3 Å². The molecule has 0 spiro atoms. The van der Waals surface area contributed by atoms with E-state index >= 15 is 0 Å². The minimum atomic E-state index is -0.374. The summed E-state index contributed by atoms with van der Waals surface area (Å²) in [5.41, 5.74) is 1.22. The molecule has 106 valence electrons. The Morgan fingerprint density at radius 3 is 2.89 bits per heavy atom. The maximum atomic E-state index is 13.2. The normalized spacial score (nSPS) is 22.5. The first-order valence-electron chi connectivity index (χ1n) is 6.35. The summed E-state index contributed by atoms with van der Waals surface area (Å²) in [6, 6.07) is 4.42.